The van der Waals surface area contributed by atoms with Gasteiger partial charge in [0.05, 0.1) is 26.4 Å². The third-order valence-corrected chi connectivity index (χ3v) is 12.1. The lowest BCUT2D eigenvalue weighted by Crippen LogP contribution is -2.33. The monoisotopic (exact) mass is 810 g/mol. The molecule has 20 heteroatoms. The van der Waals surface area contributed by atoms with Gasteiger partial charge in [0.2, 0.25) is 0 Å². The van der Waals surface area contributed by atoms with E-state index in [1.807, 2.05) is 38.1 Å². The van der Waals surface area contributed by atoms with Crippen LogP contribution in [-0.2, 0) is 49.9 Å². The van der Waals surface area contributed by atoms with Gasteiger partial charge < -0.3 is 18.5 Å². The molecule has 8 rings (SSSR count). The van der Waals surface area contributed by atoms with E-state index in [2.05, 4.69) is 9.97 Å². The highest BCUT2D eigenvalue weighted by Crippen LogP contribution is 2.57. The zero-order valence-corrected chi connectivity index (χ0v) is 32.2. The molecule has 0 bridgehead atoms. The van der Waals surface area contributed by atoms with E-state index in [1.165, 1.54) is 21.5 Å². The zero-order valence-electron chi connectivity index (χ0n) is 30.4. The van der Waals surface area contributed by atoms with Gasteiger partial charge in [-0.2, -0.15) is 0 Å². The topological polar surface area (TPSA) is 218 Å². The first kappa shape index (κ1) is 38.0. The molecule has 6 heterocycles. The second-order valence-corrected chi connectivity index (χ2v) is 16.8. The summed E-state index contributed by atoms with van der Waals surface area (Å²) in [5, 5.41) is 0. The van der Waals surface area contributed by atoms with Crippen molar-refractivity contribution >= 4 is 15.6 Å². The zero-order chi connectivity index (χ0) is 39.5. The molecule has 0 aliphatic carbocycles. The fourth-order valence-corrected chi connectivity index (χ4v) is 9.15. The summed E-state index contributed by atoms with van der Waals surface area (Å²) in [4.78, 5) is 52.5. The van der Waals surface area contributed by atoms with Crippen LogP contribution in [0.1, 0.15) is 45.8 Å². The van der Waals surface area contributed by atoms with Gasteiger partial charge in [-0.1, -0.05) is 12.2 Å². The van der Waals surface area contributed by atoms with E-state index in [1.54, 1.807) is 38.2 Å². The molecule has 0 fully saturated rings. The third-order valence-electron chi connectivity index (χ3n) is 9.44. The lowest BCUT2D eigenvalue weighted by Gasteiger charge is -2.28. The summed E-state index contributed by atoms with van der Waals surface area (Å²) in [6.45, 7) is 6.28. The standard InChI is InChI=1S/C36H36N4O14P2/c1-19-9-23(11-25-15-47-55(45,53-31(19)25)49-17-27-5-7-29(51-27)39-13-21(3)33(41)37-35(39)43)24-10-20(2)32-26(12-24)16-48-56(46,54-32)50-18-28-6-8-30(52-28)40-14-22(4)34(42)38-36(40)44/h5-14,27-30H,15-18H2,1-4H3,(H,37,41,43)(H,38,42,44)/t27-,28-,29+,30+,55?,56?/m0/s1. The molecule has 18 nitrogen and oxygen atoms in total. The molecule has 0 saturated heterocycles. The van der Waals surface area contributed by atoms with E-state index in [0.717, 1.165) is 11.1 Å². The molecule has 0 saturated carbocycles. The van der Waals surface area contributed by atoms with Crippen molar-refractivity contribution in [3.05, 3.63) is 136 Å². The maximum absolute atomic E-state index is 13.5. The predicted molar refractivity (Wildman–Crippen MR) is 198 cm³/mol. The first-order valence-corrected chi connectivity index (χ1v) is 20.3. The number of benzene rings is 2. The van der Waals surface area contributed by atoms with Crippen LogP contribution in [0.15, 0.2) is 80.1 Å². The molecule has 4 aromatic rings. The molecule has 2 N–H and O–H groups in total. The van der Waals surface area contributed by atoms with Gasteiger partial charge in [-0.25, -0.2) is 18.7 Å². The Morgan fingerprint density at radius 2 is 1.04 bits per heavy atom. The van der Waals surface area contributed by atoms with Crippen LogP contribution >= 0.6 is 15.6 Å². The minimum absolute atomic E-state index is 0.0596. The second kappa shape index (κ2) is 14.6. The van der Waals surface area contributed by atoms with Gasteiger partial charge in [-0.3, -0.25) is 46.8 Å². The van der Waals surface area contributed by atoms with Gasteiger partial charge in [-0.05, 0) is 86.4 Å². The van der Waals surface area contributed by atoms with E-state index in [0.29, 0.717) is 44.9 Å². The number of hydrogen-bond donors (Lipinski definition) is 2. The van der Waals surface area contributed by atoms with E-state index in [-0.39, 0.29) is 26.4 Å². The number of fused-ring (bicyclic) bond motifs is 2. The Morgan fingerprint density at radius 3 is 1.45 bits per heavy atom. The quantitative estimate of drug-likeness (QED) is 0.174. The Labute approximate surface area is 317 Å². The van der Waals surface area contributed by atoms with Crippen molar-refractivity contribution in [3.8, 4) is 22.6 Å². The molecule has 6 atom stereocenters. The normalized spacial score (nSPS) is 26.4. The SMILES string of the molecule is Cc1cc(-c2cc(C)c3c(c2)COP(=O)(OC[C@@H]2C=C[C@H](n4cc(C)c(=O)[nH]c4=O)O2)O3)cc2c1OP(=O)(OC[C@@H]1C=C[C@H](n3cc(C)c(=O)[nH]c3=O)O1)OC2. The van der Waals surface area contributed by atoms with Gasteiger partial charge >= 0.3 is 27.0 Å². The van der Waals surface area contributed by atoms with E-state index in [9.17, 15) is 28.3 Å². The van der Waals surface area contributed by atoms with Crippen LogP contribution in [0.2, 0.25) is 0 Å². The predicted octanol–water partition coefficient (Wildman–Crippen LogP) is 4.66. The molecule has 0 amide bonds. The van der Waals surface area contributed by atoms with Crippen molar-refractivity contribution in [2.24, 2.45) is 0 Å². The molecule has 294 valence electrons. The van der Waals surface area contributed by atoms with Crippen LogP contribution in [0.4, 0.5) is 0 Å². The number of hydrogen-bond acceptors (Lipinski definition) is 14. The first-order valence-electron chi connectivity index (χ1n) is 17.4. The van der Waals surface area contributed by atoms with Gasteiger partial charge in [0.15, 0.2) is 12.5 Å². The number of rotatable bonds is 9. The molecule has 2 aromatic carbocycles. The number of phosphoric ester groups is 2. The van der Waals surface area contributed by atoms with Gasteiger partial charge in [0, 0.05) is 34.6 Å². The average Bonchev–Trinajstić information content (AvgIpc) is 3.84. The van der Waals surface area contributed by atoms with Crippen molar-refractivity contribution in [2.45, 2.75) is 65.6 Å². The summed E-state index contributed by atoms with van der Waals surface area (Å²) in [6.07, 6.45) is 6.47. The average molecular weight is 811 g/mol. The van der Waals surface area contributed by atoms with Crippen LogP contribution < -0.4 is 31.5 Å². The molecule has 2 unspecified atom stereocenters. The summed E-state index contributed by atoms with van der Waals surface area (Å²) in [7, 11) is -8.08. The molecule has 0 spiro atoms. The first-order chi connectivity index (χ1) is 26.7. The Morgan fingerprint density at radius 1 is 0.625 bits per heavy atom. The van der Waals surface area contributed by atoms with Crippen molar-refractivity contribution < 1.29 is 45.7 Å². The van der Waals surface area contributed by atoms with E-state index in [4.69, 9.17) is 36.6 Å². The second-order valence-electron chi connectivity index (χ2n) is 13.6. The maximum atomic E-state index is 13.5. The number of nitrogens with zero attached hydrogens (tertiary/aromatic N) is 2. The highest BCUT2D eigenvalue weighted by Gasteiger charge is 2.39. The molecular formula is C36H36N4O14P2. The summed E-state index contributed by atoms with van der Waals surface area (Å²) in [5.74, 6) is 0.735. The number of aryl methyl sites for hydroxylation is 4. The van der Waals surface area contributed by atoms with Crippen molar-refractivity contribution in [3.63, 3.8) is 0 Å². The lowest BCUT2D eigenvalue weighted by atomic mass is 9.96. The minimum Gasteiger partial charge on any atom is -0.403 e. The van der Waals surface area contributed by atoms with Crippen LogP contribution in [0.25, 0.3) is 11.1 Å². The minimum atomic E-state index is -4.04. The third kappa shape index (κ3) is 7.50. The van der Waals surface area contributed by atoms with Gasteiger partial charge in [0.1, 0.15) is 23.7 Å². The number of aromatic amines is 2. The van der Waals surface area contributed by atoms with Crippen LogP contribution in [-0.4, -0.2) is 44.5 Å². The van der Waals surface area contributed by atoms with E-state index >= 15 is 0 Å². The fraction of sp³-hybridized carbons (Fsp3) is 0.333. The highest BCUT2D eigenvalue weighted by atomic mass is 31.2. The van der Waals surface area contributed by atoms with Crippen LogP contribution in [0.3, 0.4) is 0 Å². The molecule has 2 aromatic heterocycles. The van der Waals surface area contributed by atoms with Crippen molar-refractivity contribution in [1.82, 2.24) is 19.1 Å². The Balaban J connectivity index is 0.890. The fourth-order valence-electron chi connectivity index (χ4n) is 6.57. The van der Waals surface area contributed by atoms with Crippen LogP contribution in [0.5, 0.6) is 11.5 Å². The summed E-state index contributed by atoms with van der Waals surface area (Å²) < 4.78 is 75.2. The number of nitrogens with one attached hydrogen (secondary N) is 2. The van der Waals surface area contributed by atoms with Gasteiger partial charge in [-0.15, -0.1) is 0 Å². The van der Waals surface area contributed by atoms with Crippen molar-refractivity contribution in [2.75, 3.05) is 13.2 Å². The molecule has 56 heavy (non-hydrogen) atoms. The number of aromatic nitrogens is 4. The number of phosphoric acid groups is 2. The highest BCUT2D eigenvalue weighted by molar-refractivity contribution is 7.49. The molecule has 0 radical (unpaired) electrons. The molecule has 4 aliphatic heterocycles. The molecule has 4 aliphatic rings. The number of ether oxygens (including phenoxy) is 2. The smallest absolute Gasteiger partial charge is 0.403 e. The Hall–Kier alpha value is -4.90. The van der Waals surface area contributed by atoms with Gasteiger partial charge in [0.25, 0.3) is 11.1 Å². The summed E-state index contributed by atoms with van der Waals surface area (Å²) >= 11 is 0. The summed E-state index contributed by atoms with van der Waals surface area (Å²) in [5.41, 5.74) is 2.74. The Kier molecular flexibility index (Phi) is 9.87. The maximum Gasteiger partial charge on any atom is 0.530 e. The van der Waals surface area contributed by atoms with Crippen LogP contribution in [0, 0.1) is 27.7 Å². The summed E-state index contributed by atoms with van der Waals surface area (Å²) in [6, 6.07) is 7.45. The van der Waals surface area contributed by atoms with E-state index < -0.39 is 62.8 Å². The van der Waals surface area contributed by atoms with Crippen molar-refractivity contribution in [1.29, 1.82) is 0 Å². The number of H-pyrrole nitrogens is 2. The molecular weight excluding hydrogens is 774 g/mol. The Bertz CT molecular complexity index is 2480. The lowest BCUT2D eigenvalue weighted by molar-refractivity contribution is -0.0130. The largest absolute Gasteiger partial charge is 0.530 e.